The van der Waals surface area contributed by atoms with Crippen LogP contribution in [0.25, 0.3) is 27.6 Å². The number of nitrogens with one attached hydrogen (secondary N) is 4. The molecule has 20 heteroatoms. The van der Waals surface area contributed by atoms with Crippen molar-refractivity contribution >= 4 is 51.4 Å². The summed E-state index contributed by atoms with van der Waals surface area (Å²) in [4.78, 5) is 40.8. The Labute approximate surface area is 309 Å². The number of halogens is 2. The van der Waals surface area contributed by atoms with Crippen LogP contribution in [0.5, 0.6) is 0 Å². The Kier molecular flexibility index (Phi) is 16.4. The Balaban J connectivity index is 0.000000441. The molecular weight excluding hydrogens is 764 g/mol. The quantitative estimate of drug-likeness (QED) is 0.0839. The molecule has 1 atom stereocenters. The van der Waals surface area contributed by atoms with Crippen molar-refractivity contribution in [2.75, 3.05) is 45.9 Å². The molecule has 17 nitrogen and oxygen atoms in total. The smallest absolute Gasteiger partial charge is 0.344 e. The topological polar surface area (TPSA) is 221 Å². The molecule has 0 spiro atoms. The van der Waals surface area contributed by atoms with E-state index >= 15 is 0 Å². The molecule has 4 N–H and O–H groups in total. The van der Waals surface area contributed by atoms with Crippen molar-refractivity contribution in [2.45, 2.75) is 66.8 Å². The summed E-state index contributed by atoms with van der Waals surface area (Å²) in [6.45, 7) is 21.7. The first kappa shape index (κ1) is 42.7. The lowest BCUT2D eigenvalue weighted by Gasteiger charge is -2.46. The second-order valence-electron chi connectivity index (χ2n) is 11.6. The van der Waals surface area contributed by atoms with Crippen LogP contribution in [-0.2, 0) is 31.9 Å². The number of aromatic nitrogens is 9. The molecule has 3 aromatic heterocycles. The maximum absolute atomic E-state index is 14.2. The minimum Gasteiger partial charge on any atom is -0.808 e. The van der Waals surface area contributed by atoms with Crippen LogP contribution in [0.3, 0.4) is 0 Å². The Morgan fingerprint density at radius 3 is 2.12 bits per heavy atom. The van der Waals surface area contributed by atoms with E-state index in [0.29, 0.717) is 26.6 Å². The van der Waals surface area contributed by atoms with Crippen LogP contribution in [0, 0.1) is 5.82 Å². The summed E-state index contributed by atoms with van der Waals surface area (Å²) in [6.07, 6.45) is -0.825. The highest BCUT2D eigenvalue weighted by Crippen LogP contribution is 2.47. The molecule has 0 aliphatic carbocycles. The number of carbonyl (C=O) groups is 1. The van der Waals surface area contributed by atoms with Gasteiger partial charge in [-0.05, 0) is 86.4 Å². The summed E-state index contributed by atoms with van der Waals surface area (Å²) in [5.74, 6) is -2.19. The maximum Gasteiger partial charge on any atom is 0.344 e. The number of H-pyrrole nitrogens is 2. The van der Waals surface area contributed by atoms with Crippen LogP contribution < -0.4 is 19.6 Å². The van der Waals surface area contributed by atoms with Crippen molar-refractivity contribution in [3.63, 3.8) is 0 Å². The molecule has 5 aromatic rings. The zero-order chi connectivity index (χ0) is 38.5. The molecular formula is C32H48BrFN11O6P. The van der Waals surface area contributed by atoms with E-state index in [-0.39, 0.29) is 23.6 Å². The number of benzene rings is 2. The fraction of sp³-hybridized carbons (Fsp3) is 0.531. The lowest BCUT2D eigenvalue weighted by molar-refractivity contribution is -0.894. The van der Waals surface area contributed by atoms with Crippen molar-refractivity contribution in [1.29, 1.82) is 0 Å². The molecule has 1 unspecified atom stereocenters. The summed E-state index contributed by atoms with van der Waals surface area (Å²) in [5.41, 5.74) is 1.68. The molecule has 5 rings (SSSR count). The number of aromatic amines is 2. The number of hydrogen-bond donors (Lipinski definition) is 4. The maximum atomic E-state index is 14.2. The number of nitrogens with zero attached hydrogens (tertiary/aromatic N) is 7. The lowest BCUT2D eigenvalue weighted by atomic mass is 10.2. The fourth-order valence-electron chi connectivity index (χ4n) is 5.32. The second-order valence-corrected chi connectivity index (χ2v) is 14.2. The monoisotopic (exact) mass is 811 g/mol. The van der Waals surface area contributed by atoms with Gasteiger partial charge in [-0.3, -0.25) is 5.10 Å². The molecule has 0 aliphatic rings. The fourth-order valence-corrected chi connectivity index (χ4v) is 6.58. The molecule has 0 fully saturated rings. The Hall–Kier alpha value is -3.71. The van der Waals surface area contributed by atoms with Gasteiger partial charge in [-0.1, -0.05) is 26.4 Å². The number of tetrazole rings is 1. The van der Waals surface area contributed by atoms with Crippen LogP contribution in [0.1, 0.15) is 60.0 Å². The molecule has 0 bridgehead atoms. The van der Waals surface area contributed by atoms with Crippen molar-refractivity contribution < 1.29 is 42.8 Å². The van der Waals surface area contributed by atoms with Gasteiger partial charge in [-0.25, -0.2) is 13.9 Å². The molecule has 0 aliphatic heterocycles. The number of esters is 1. The van der Waals surface area contributed by atoms with Gasteiger partial charge in [0.15, 0.2) is 17.0 Å². The first-order valence-corrected chi connectivity index (χ1v) is 19.6. The first-order valence-electron chi connectivity index (χ1n) is 17.2. The van der Waals surface area contributed by atoms with E-state index in [4.69, 9.17) is 9.47 Å². The van der Waals surface area contributed by atoms with Gasteiger partial charge in [0, 0.05) is 9.86 Å². The number of carbonyl (C=O) groups excluding carboxylic acids is 1. The van der Waals surface area contributed by atoms with Gasteiger partial charge in [0.2, 0.25) is 0 Å². The van der Waals surface area contributed by atoms with Gasteiger partial charge < -0.3 is 33.6 Å². The van der Waals surface area contributed by atoms with E-state index in [0.717, 1.165) is 0 Å². The summed E-state index contributed by atoms with van der Waals surface area (Å²) in [6, 6.07) is 7.86. The van der Waals surface area contributed by atoms with Crippen LogP contribution in [-0.4, -0.2) is 103 Å². The van der Waals surface area contributed by atoms with E-state index in [1.54, 1.807) is 34.1 Å². The number of hydrogen-bond acceptors (Lipinski definition) is 12. The average molecular weight is 813 g/mol. The summed E-state index contributed by atoms with van der Waals surface area (Å²) in [5, 5.41) is 25.0. The summed E-state index contributed by atoms with van der Waals surface area (Å²) in [7, 11) is -5.79. The second kappa shape index (κ2) is 19.9. The van der Waals surface area contributed by atoms with Gasteiger partial charge >= 0.3 is 5.97 Å². The molecule has 52 heavy (non-hydrogen) atoms. The molecule has 0 saturated heterocycles. The standard InChI is InChI=1S/C20H18BrFN9O6P.2C6H15N/c1-2-36-19(32)20(38(33,34)35,8-17-25-28-29-26-17)37-9-15-12-4-3-11(7-14(12)23-24-15)31-16-6-10(21)5-13(22)18(16)27-30-31;2*1-4-7(5-2)6-3/h3-7H,2,8-9H2,1H3,(H,23,24)(H2,33,34,35)(H,25,26,28,29);2*4-6H2,1-3H3. The van der Waals surface area contributed by atoms with Crippen molar-refractivity contribution in [3.8, 4) is 5.69 Å². The van der Waals surface area contributed by atoms with Crippen LogP contribution in [0.15, 0.2) is 34.8 Å². The minimum atomic E-state index is -5.79. The van der Waals surface area contributed by atoms with Gasteiger partial charge in [0.1, 0.15) is 5.52 Å². The molecule has 2 aromatic carbocycles. The van der Waals surface area contributed by atoms with Gasteiger partial charge in [-0.15, -0.1) is 15.3 Å². The molecule has 3 heterocycles. The van der Waals surface area contributed by atoms with Gasteiger partial charge in [0.25, 0.3) is 0 Å². The largest absolute Gasteiger partial charge is 0.808 e. The van der Waals surface area contributed by atoms with Crippen LogP contribution in [0.4, 0.5) is 4.39 Å². The number of rotatable bonds is 15. The number of ether oxygens (including phenoxy) is 2. The van der Waals surface area contributed by atoms with E-state index in [1.807, 2.05) is 0 Å². The highest BCUT2D eigenvalue weighted by atomic mass is 79.9. The predicted octanol–water partition coefficient (Wildman–Crippen LogP) is 0.506. The number of quaternary nitrogens is 2. The molecule has 0 amide bonds. The van der Waals surface area contributed by atoms with E-state index in [1.165, 1.54) is 56.9 Å². The van der Waals surface area contributed by atoms with E-state index in [2.05, 4.69) is 98.6 Å². The SMILES string of the molecule is CCOC(=O)C(Cc1nn[nH]n1)(OCc1[nH]nc2cc(-n3nnc4c(F)cc(Br)cc43)ccc12)P(=O)([O-])[O-].CC[NH+](CC)CC.CC[NH+](CC)CC. The predicted molar refractivity (Wildman–Crippen MR) is 191 cm³/mol. The Morgan fingerprint density at radius 1 is 0.962 bits per heavy atom. The third-order valence-electron chi connectivity index (χ3n) is 8.61. The van der Waals surface area contributed by atoms with Gasteiger partial charge in [0.05, 0.1) is 81.3 Å². The van der Waals surface area contributed by atoms with Gasteiger partial charge in [-0.2, -0.15) is 10.3 Å². The third-order valence-corrected chi connectivity index (χ3v) is 10.4. The first-order chi connectivity index (χ1) is 24.8. The lowest BCUT2D eigenvalue weighted by Crippen LogP contribution is -3.11. The van der Waals surface area contributed by atoms with Crippen LogP contribution >= 0.6 is 23.5 Å². The minimum absolute atomic E-state index is 0.0842. The highest BCUT2D eigenvalue weighted by Gasteiger charge is 2.46. The van der Waals surface area contributed by atoms with Crippen LogP contribution in [0.2, 0.25) is 0 Å². The van der Waals surface area contributed by atoms with E-state index in [9.17, 15) is 23.5 Å². The van der Waals surface area contributed by atoms with Crippen molar-refractivity contribution in [2.24, 2.45) is 0 Å². The molecule has 0 radical (unpaired) electrons. The Bertz CT molecular complexity index is 1870. The molecule has 0 saturated carbocycles. The molecule has 286 valence electrons. The summed E-state index contributed by atoms with van der Waals surface area (Å²) >= 11 is 3.25. The van der Waals surface area contributed by atoms with E-state index < -0.39 is 37.8 Å². The average Bonchev–Trinajstić information content (AvgIpc) is 3.89. The highest BCUT2D eigenvalue weighted by molar-refractivity contribution is 9.10. The summed E-state index contributed by atoms with van der Waals surface area (Å²) < 4.78 is 38.9. The van der Waals surface area contributed by atoms with Crippen molar-refractivity contribution in [1.82, 2.24) is 45.8 Å². The number of fused-ring (bicyclic) bond motifs is 2. The zero-order valence-corrected chi connectivity index (χ0v) is 33.0. The Morgan fingerprint density at radius 2 is 1.60 bits per heavy atom. The normalized spacial score (nSPS) is 12.8. The third kappa shape index (κ3) is 10.5. The zero-order valence-electron chi connectivity index (χ0n) is 30.5. The van der Waals surface area contributed by atoms with Crippen molar-refractivity contribution in [3.05, 3.63) is 52.1 Å².